The van der Waals surface area contributed by atoms with E-state index >= 15 is 0 Å². The number of carbonyl (C=O) groups excluding carboxylic acids is 1. The van der Waals surface area contributed by atoms with E-state index in [2.05, 4.69) is 15.4 Å². The van der Waals surface area contributed by atoms with E-state index in [1.807, 2.05) is 77.0 Å². The van der Waals surface area contributed by atoms with Gasteiger partial charge in [0.25, 0.3) is 0 Å². The van der Waals surface area contributed by atoms with Gasteiger partial charge in [-0.25, -0.2) is 9.50 Å². The Balaban J connectivity index is 1.45. The van der Waals surface area contributed by atoms with E-state index in [-0.39, 0.29) is 5.91 Å². The fourth-order valence-electron chi connectivity index (χ4n) is 3.97. The molecule has 0 radical (unpaired) electrons. The number of anilines is 2. The number of hydrogen-bond acceptors (Lipinski definition) is 6. The smallest absolute Gasteiger partial charge is 0.245 e. The first-order valence-electron chi connectivity index (χ1n) is 11.6. The van der Waals surface area contributed by atoms with E-state index in [1.54, 1.807) is 6.20 Å². The Labute approximate surface area is 198 Å². The third-order valence-corrected chi connectivity index (χ3v) is 5.79. The Morgan fingerprint density at radius 2 is 1.68 bits per heavy atom. The van der Waals surface area contributed by atoms with Gasteiger partial charge < -0.3 is 19.7 Å². The molecule has 1 amide bonds. The van der Waals surface area contributed by atoms with Crippen molar-refractivity contribution in [3.8, 4) is 22.8 Å². The van der Waals surface area contributed by atoms with E-state index in [4.69, 9.17) is 9.47 Å². The van der Waals surface area contributed by atoms with E-state index in [0.29, 0.717) is 38.7 Å². The maximum absolute atomic E-state index is 12.4. The van der Waals surface area contributed by atoms with Crippen molar-refractivity contribution in [2.45, 2.75) is 19.8 Å². The molecule has 4 aliphatic rings. The van der Waals surface area contributed by atoms with Crippen molar-refractivity contribution in [2.24, 2.45) is 0 Å². The zero-order chi connectivity index (χ0) is 23.3. The first-order valence-corrected chi connectivity index (χ1v) is 11.6. The molecule has 4 aromatic rings. The van der Waals surface area contributed by atoms with Crippen LogP contribution in [0.1, 0.15) is 19.8 Å². The van der Waals surface area contributed by atoms with Crippen LogP contribution in [-0.4, -0.2) is 51.7 Å². The predicted octanol–water partition coefficient (Wildman–Crippen LogP) is 4.54. The molecule has 174 valence electrons. The molecular formula is C26H27N5O3. The summed E-state index contributed by atoms with van der Waals surface area (Å²) in [5.41, 5.74) is 3.75. The number of rotatable bonds is 1. The van der Waals surface area contributed by atoms with E-state index < -0.39 is 0 Å². The third kappa shape index (κ3) is 4.80. The second-order valence-electron chi connectivity index (χ2n) is 8.10. The van der Waals surface area contributed by atoms with Gasteiger partial charge in [0.1, 0.15) is 18.1 Å². The molecule has 6 heterocycles. The largest absolute Gasteiger partial charge is 0.494 e. The van der Waals surface area contributed by atoms with Gasteiger partial charge in [-0.05, 0) is 67.1 Å². The lowest BCUT2D eigenvalue weighted by atomic mass is 10.1. The molecule has 8 nitrogen and oxygen atoms in total. The van der Waals surface area contributed by atoms with Crippen LogP contribution in [0.25, 0.3) is 16.8 Å². The second-order valence-corrected chi connectivity index (χ2v) is 8.10. The molecule has 8 heteroatoms. The van der Waals surface area contributed by atoms with Crippen LogP contribution in [0.4, 0.5) is 11.6 Å². The van der Waals surface area contributed by atoms with Gasteiger partial charge in [0.15, 0.2) is 0 Å². The molecular weight excluding hydrogens is 430 g/mol. The molecule has 0 atom stereocenters. The highest BCUT2D eigenvalue weighted by molar-refractivity contribution is 5.75. The average molecular weight is 458 g/mol. The normalized spacial score (nSPS) is 14.3. The second kappa shape index (κ2) is 9.82. The molecule has 34 heavy (non-hydrogen) atoms. The van der Waals surface area contributed by atoms with Crippen molar-refractivity contribution in [3.63, 3.8) is 0 Å². The number of aromatic nitrogens is 3. The molecule has 2 aromatic carbocycles. The summed E-state index contributed by atoms with van der Waals surface area (Å²) in [7, 11) is 0. The number of carbonyl (C=O) groups is 1. The molecule has 0 saturated heterocycles. The minimum atomic E-state index is 0.118. The van der Waals surface area contributed by atoms with Crippen molar-refractivity contribution < 1.29 is 14.3 Å². The van der Waals surface area contributed by atoms with E-state index in [1.165, 1.54) is 0 Å². The summed E-state index contributed by atoms with van der Waals surface area (Å²) in [4.78, 5) is 18.6. The van der Waals surface area contributed by atoms with Gasteiger partial charge in [-0.1, -0.05) is 6.92 Å². The molecule has 0 unspecified atom stereocenters. The summed E-state index contributed by atoms with van der Waals surface area (Å²) < 4.78 is 13.7. The summed E-state index contributed by atoms with van der Waals surface area (Å²) in [5, 5.41) is 7.94. The highest BCUT2D eigenvalue weighted by atomic mass is 16.5. The van der Waals surface area contributed by atoms with Gasteiger partial charge in [0.05, 0.1) is 30.6 Å². The fraction of sp³-hybridized carbons (Fsp3) is 0.269. The molecule has 6 bridgehead atoms. The first-order chi connectivity index (χ1) is 16.7. The van der Waals surface area contributed by atoms with Gasteiger partial charge in [0.2, 0.25) is 11.9 Å². The lowest BCUT2D eigenvalue weighted by Crippen LogP contribution is -2.35. The molecule has 8 rings (SSSR count). The molecule has 4 aliphatic heterocycles. The zero-order valence-corrected chi connectivity index (χ0v) is 19.1. The van der Waals surface area contributed by atoms with Crippen molar-refractivity contribution in [1.82, 2.24) is 19.5 Å². The Bertz CT molecular complexity index is 1270. The van der Waals surface area contributed by atoms with Crippen molar-refractivity contribution in [3.05, 3.63) is 66.9 Å². The number of amides is 1. The van der Waals surface area contributed by atoms with Gasteiger partial charge in [0, 0.05) is 24.2 Å². The van der Waals surface area contributed by atoms with Crippen molar-refractivity contribution >= 4 is 23.1 Å². The van der Waals surface area contributed by atoms with Crippen LogP contribution in [0.2, 0.25) is 0 Å². The minimum absolute atomic E-state index is 0.118. The number of benzene rings is 2. The predicted molar refractivity (Wildman–Crippen MR) is 131 cm³/mol. The van der Waals surface area contributed by atoms with Crippen LogP contribution in [-0.2, 0) is 4.79 Å². The van der Waals surface area contributed by atoms with E-state index in [9.17, 15) is 4.79 Å². The molecule has 0 fully saturated rings. The zero-order valence-electron chi connectivity index (χ0n) is 19.1. The highest BCUT2D eigenvalue weighted by Gasteiger charge is 2.12. The number of nitrogens with zero attached hydrogens (tertiary/aromatic N) is 4. The first kappa shape index (κ1) is 21.8. The highest BCUT2D eigenvalue weighted by Crippen LogP contribution is 2.25. The lowest BCUT2D eigenvalue weighted by Gasteiger charge is -2.22. The summed E-state index contributed by atoms with van der Waals surface area (Å²) in [6, 6.07) is 19.6. The third-order valence-electron chi connectivity index (χ3n) is 5.79. The van der Waals surface area contributed by atoms with Gasteiger partial charge >= 0.3 is 0 Å². The molecule has 0 aliphatic carbocycles. The van der Waals surface area contributed by atoms with Crippen molar-refractivity contribution in [2.75, 3.05) is 31.6 Å². The average Bonchev–Trinajstić information content (AvgIpc) is 3.29. The van der Waals surface area contributed by atoms with E-state index in [0.717, 1.165) is 40.4 Å². The lowest BCUT2D eigenvalue weighted by molar-refractivity contribution is -0.131. The van der Waals surface area contributed by atoms with Crippen LogP contribution in [0, 0.1) is 0 Å². The van der Waals surface area contributed by atoms with Crippen LogP contribution >= 0.6 is 0 Å². The fourth-order valence-corrected chi connectivity index (χ4v) is 3.97. The van der Waals surface area contributed by atoms with Gasteiger partial charge in [-0.3, -0.25) is 4.79 Å². The standard InChI is InChI=1S/C26H27N5O3/c1-2-25(32)30-14-3-16-33-23-11-6-20(7-12-23)28-26-27-18-21-8-13-24(31(21)29-26)19-4-9-22(10-5-19)34-17-15-30/h4-13,18H,2-3,14-17H2,1H3,(H,28,29). The summed E-state index contributed by atoms with van der Waals surface area (Å²) in [6.07, 6.45) is 3.01. The molecule has 2 aromatic heterocycles. The quantitative estimate of drug-likeness (QED) is 0.452. The number of ether oxygens (including phenoxy) is 2. The Morgan fingerprint density at radius 1 is 0.941 bits per heavy atom. The summed E-state index contributed by atoms with van der Waals surface area (Å²) in [5.74, 6) is 2.16. The summed E-state index contributed by atoms with van der Waals surface area (Å²) in [6.45, 7) is 4.01. The van der Waals surface area contributed by atoms with Gasteiger partial charge in [-0.15, -0.1) is 5.10 Å². The number of hydrogen-bond donors (Lipinski definition) is 1. The molecule has 1 N–H and O–H groups in total. The summed E-state index contributed by atoms with van der Waals surface area (Å²) >= 11 is 0. The minimum Gasteiger partial charge on any atom is -0.494 e. The Hall–Kier alpha value is -4.07. The van der Waals surface area contributed by atoms with Crippen LogP contribution in [0.3, 0.4) is 0 Å². The topological polar surface area (TPSA) is 81.0 Å². The maximum Gasteiger partial charge on any atom is 0.245 e. The monoisotopic (exact) mass is 457 g/mol. The SMILES string of the molecule is CCC(=O)N1CCCOc2ccc(cc2)Nc2ncc3ccc(n3n2)-c2ccc(cc2)OCC1. The molecule has 0 spiro atoms. The Kier molecular flexibility index (Phi) is 6.29. The van der Waals surface area contributed by atoms with Crippen LogP contribution < -0.4 is 14.8 Å². The van der Waals surface area contributed by atoms with Crippen LogP contribution in [0.5, 0.6) is 11.5 Å². The van der Waals surface area contributed by atoms with Gasteiger partial charge in [-0.2, -0.15) is 0 Å². The Morgan fingerprint density at radius 3 is 2.44 bits per heavy atom. The maximum atomic E-state index is 12.4. The molecule has 0 saturated carbocycles. The number of nitrogens with one attached hydrogen (secondary N) is 1. The van der Waals surface area contributed by atoms with Crippen molar-refractivity contribution in [1.29, 1.82) is 0 Å². The van der Waals surface area contributed by atoms with Crippen LogP contribution in [0.15, 0.2) is 66.9 Å².